The molecule has 0 aromatic rings. The van der Waals surface area contributed by atoms with Crippen molar-refractivity contribution in [2.45, 2.75) is 103 Å². The van der Waals surface area contributed by atoms with Gasteiger partial charge in [0.1, 0.15) is 19.3 Å². The standard InChI is InChI=1S/C26H52NO7P/c1-5-6-7-8-9-10-11-12-13-14-15-16-17-18-19-20-26(29)34-25(23-28)24-33-35(30,31)32-22-21-27(2,3)4/h17-18,25,28H,5-16,19-24H2,1-4H3/p+1/b18-17-. The van der Waals surface area contributed by atoms with E-state index in [2.05, 4.69) is 13.0 Å². The molecule has 2 atom stereocenters. The average molecular weight is 523 g/mol. The van der Waals surface area contributed by atoms with E-state index < -0.39 is 33.1 Å². The van der Waals surface area contributed by atoms with Gasteiger partial charge in [0.15, 0.2) is 0 Å². The summed E-state index contributed by atoms with van der Waals surface area (Å²) in [6.07, 6.45) is 19.4. The van der Waals surface area contributed by atoms with Gasteiger partial charge in [-0.15, -0.1) is 0 Å². The number of unbranched alkanes of at least 4 members (excludes halogenated alkanes) is 11. The zero-order valence-electron chi connectivity index (χ0n) is 22.8. The van der Waals surface area contributed by atoms with Crippen LogP contribution in [0, 0.1) is 0 Å². The SMILES string of the molecule is CCCCCCCCCCCCC/C=C\CCC(=O)OC(CO)COP(=O)(O)OCC[N+](C)(C)C. The van der Waals surface area contributed by atoms with E-state index in [1.165, 1.54) is 70.6 Å². The molecule has 2 unspecified atom stereocenters. The molecule has 9 heteroatoms. The third kappa shape index (κ3) is 24.7. The average Bonchev–Trinajstić information content (AvgIpc) is 2.78. The number of aliphatic hydroxyl groups is 1. The van der Waals surface area contributed by atoms with Gasteiger partial charge in [0.05, 0.1) is 34.4 Å². The molecule has 208 valence electrons. The van der Waals surface area contributed by atoms with Gasteiger partial charge in [-0.2, -0.15) is 0 Å². The monoisotopic (exact) mass is 522 g/mol. The van der Waals surface area contributed by atoms with Crippen LogP contribution in [-0.2, 0) is 23.1 Å². The number of phosphoric acid groups is 1. The molecule has 0 amide bonds. The lowest BCUT2D eigenvalue weighted by Gasteiger charge is -2.24. The van der Waals surface area contributed by atoms with Crippen LogP contribution < -0.4 is 0 Å². The van der Waals surface area contributed by atoms with Gasteiger partial charge >= 0.3 is 13.8 Å². The van der Waals surface area contributed by atoms with Crippen LogP contribution in [0.1, 0.15) is 96.8 Å². The number of aliphatic hydroxyl groups excluding tert-OH is 1. The van der Waals surface area contributed by atoms with Crippen LogP contribution >= 0.6 is 7.82 Å². The number of carbonyl (C=O) groups excluding carboxylic acids is 1. The van der Waals surface area contributed by atoms with Crippen LogP contribution in [0.4, 0.5) is 0 Å². The Morgan fingerprint density at radius 1 is 0.886 bits per heavy atom. The molecule has 2 N–H and O–H groups in total. The van der Waals surface area contributed by atoms with Crippen molar-refractivity contribution in [2.75, 3.05) is 47.5 Å². The molecule has 35 heavy (non-hydrogen) atoms. The summed E-state index contributed by atoms with van der Waals surface area (Å²) in [6.45, 7) is 1.92. The number of ether oxygens (including phenoxy) is 1. The maximum Gasteiger partial charge on any atom is 0.472 e. The van der Waals surface area contributed by atoms with Crippen LogP contribution in [0.15, 0.2) is 12.2 Å². The topological polar surface area (TPSA) is 102 Å². The summed E-state index contributed by atoms with van der Waals surface area (Å²) in [5, 5.41) is 9.37. The molecule has 0 aliphatic heterocycles. The lowest BCUT2D eigenvalue weighted by Crippen LogP contribution is -2.37. The van der Waals surface area contributed by atoms with Crippen molar-refractivity contribution in [3.05, 3.63) is 12.2 Å². The Balaban J connectivity index is 3.78. The number of quaternary nitrogens is 1. The number of phosphoric ester groups is 1. The summed E-state index contributed by atoms with van der Waals surface area (Å²) in [5.41, 5.74) is 0. The van der Waals surface area contributed by atoms with Gasteiger partial charge in [0.2, 0.25) is 0 Å². The first-order valence-corrected chi connectivity index (χ1v) is 15.0. The number of hydrogen-bond donors (Lipinski definition) is 2. The van der Waals surface area contributed by atoms with Gasteiger partial charge in [-0.05, 0) is 19.3 Å². The first-order valence-electron chi connectivity index (χ1n) is 13.5. The molecule has 0 aliphatic rings. The number of carbonyl (C=O) groups is 1. The lowest BCUT2D eigenvalue weighted by atomic mass is 10.1. The molecule has 0 aromatic heterocycles. The van der Waals surface area contributed by atoms with Gasteiger partial charge in [-0.25, -0.2) is 4.57 Å². The fraction of sp³-hybridized carbons (Fsp3) is 0.885. The number of hydrogen-bond acceptors (Lipinski definition) is 6. The van der Waals surface area contributed by atoms with E-state index in [9.17, 15) is 19.4 Å². The highest BCUT2D eigenvalue weighted by Crippen LogP contribution is 2.43. The van der Waals surface area contributed by atoms with Gasteiger partial charge in [0.25, 0.3) is 0 Å². The van der Waals surface area contributed by atoms with E-state index in [0.717, 1.165) is 6.42 Å². The van der Waals surface area contributed by atoms with Crippen LogP contribution in [0.2, 0.25) is 0 Å². The zero-order chi connectivity index (χ0) is 26.4. The van der Waals surface area contributed by atoms with Crippen molar-refractivity contribution < 1.29 is 37.6 Å². The van der Waals surface area contributed by atoms with Crippen LogP contribution in [0.5, 0.6) is 0 Å². The van der Waals surface area contributed by atoms with Gasteiger partial charge in [0, 0.05) is 6.42 Å². The Hall–Kier alpha value is -0.760. The highest BCUT2D eigenvalue weighted by atomic mass is 31.2. The van der Waals surface area contributed by atoms with Crippen molar-refractivity contribution in [2.24, 2.45) is 0 Å². The molecule has 0 rings (SSSR count). The minimum Gasteiger partial charge on any atom is -0.457 e. The van der Waals surface area contributed by atoms with E-state index >= 15 is 0 Å². The minimum atomic E-state index is -4.27. The van der Waals surface area contributed by atoms with E-state index in [1.807, 2.05) is 27.2 Å². The molecular weight excluding hydrogens is 469 g/mol. The molecule has 0 saturated heterocycles. The molecule has 0 bridgehead atoms. The maximum absolute atomic E-state index is 12.0. The Morgan fingerprint density at radius 3 is 1.97 bits per heavy atom. The van der Waals surface area contributed by atoms with Crippen molar-refractivity contribution in [3.63, 3.8) is 0 Å². The van der Waals surface area contributed by atoms with Crippen molar-refractivity contribution in [1.82, 2.24) is 0 Å². The van der Waals surface area contributed by atoms with Crippen LogP contribution in [0.3, 0.4) is 0 Å². The molecule has 0 heterocycles. The number of likely N-dealkylation sites (N-methyl/N-ethyl adjacent to an activating group) is 1. The Morgan fingerprint density at radius 2 is 1.43 bits per heavy atom. The second kappa shape index (κ2) is 21.3. The Bertz CT molecular complexity index is 593. The predicted molar refractivity (Wildman–Crippen MR) is 141 cm³/mol. The molecular formula is C26H53NO7P+. The molecule has 0 aromatic carbocycles. The van der Waals surface area contributed by atoms with Gasteiger partial charge < -0.3 is 19.2 Å². The molecule has 0 spiro atoms. The minimum absolute atomic E-state index is 0.0480. The molecule has 0 saturated carbocycles. The van der Waals surface area contributed by atoms with Crippen molar-refractivity contribution in [1.29, 1.82) is 0 Å². The quantitative estimate of drug-likeness (QED) is 0.0546. The van der Waals surface area contributed by atoms with Crippen molar-refractivity contribution in [3.8, 4) is 0 Å². The predicted octanol–water partition coefficient (Wildman–Crippen LogP) is 5.77. The third-order valence-corrected chi connectivity index (χ3v) is 6.58. The lowest BCUT2D eigenvalue weighted by molar-refractivity contribution is -0.870. The Kier molecular flexibility index (Phi) is 20.9. The fourth-order valence-corrected chi connectivity index (χ4v) is 4.12. The fourth-order valence-electron chi connectivity index (χ4n) is 3.38. The van der Waals surface area contributed by atoms with Gasteiger partial charge in [-0.1, -0.05) is 83.3 Å². The highest BCUT2D eigenvalue weighted by molar-refractivity contribution is 7.47. The summed E-state index contributed by atoms with van der Waals surface area (Å²) in [7, 11) is 1.53. The molecule has 0 radical (unpaired) electrons. The second-order valence-corrected chi connectivity index (χ2v) is 11.7. The van der Waals surface area contributed by atoms with E-state index in [4.69, 9.17) is 13.8 Å². The summed E-state index contributed by atoms with van der Waals surface area (Å²) in [6, 6.07) is 0. The summed E-state index contributed by atoms with van der Waals surface area (Å²) < 4.78 is 27.4. The van der Waals surface area contributed by atoms with E-state index in [0.29, 0.717) is 17.4 Å². The first kappa shape index (κ1) is 34.2. The molecule has 0 aliphatic carbocycles. The summed E-state index contributed by atoms with van der Waals surface area (Å²) in [4.78, 5) is 21.7. The van der Waals surface area contributed by atoms with Gasteiger partial charge in [-0.3, -0.25) is 13.8 Å². The molecule has 0 fully saturated rings. The normalized spacial score (nSPS) is 14.8. The third-order valence-electron chi connectivity index (χ3n) is 5.60. The second-order valence-electron chi connectivity index (χ2n) is 10.2. The number of esters is 1. The largest absolute Gasteiger partial charge is 0.472 e. The maximum atomic E-state index is 12.0. The van der Waals surface area contributed by atoms with E-state index in [1.54, 1.807) is 0 Å². The summed E-state index contributed by atoms with van der Waals surface area (Å²) in [5.74, 6) is -0.481. The number of allylic oxidation sites excluding steroid dienone is 2. The molecule has 8 nitrogen and oxygen atoms in total. The Labute approximate surface area is 214 Å². The summed E-state index contributed by atoms with van der Waals surface area (Å²) >= 11 is 0. The number of rotatable bonds is 24. The van der Waals surface area contributed by atoms with E-state index in [-0.39, 0.29) is 13.0 Å². The first-order chi connectivity index (χ1) is 16.6. The smallest absolute Gasteiger partial charge is 0.457 e. The van der Waals surface area contributed by atoms with Crippen molar-refractivity contribution >= 4 is 13.8 Å². The number of nitrogens with zero attached hydrogens (tertiary/aromatic N) is 1. The zero-order valence-corrected chi connectivity index (χ0v) is 23.7. The van der Waals surface area contributed by atoms with Crippen LogP contribution in [0.25, 0.3) is 0 Å². The highest BCUT2D eigenvalue weighted by Gasteiger charge is 2.25. The van der Waals surface area contributed by atoms with Crippen LogP contribution in [-0.4, -0.2) is 74.1 Å².